The minimum Gasteiger partial charge on any atom is -0.488 e. The van der Waals surface area contributed by atoms with Gasteiger partial charge >= 0.3 is 6.09 Å². The number of anilines is 1. The van der Waals surface area contributed by atoms with E-state index in [0.29, 0.717) is 10.6 Å². The molecule has 1 N–H and O–H groups in total. The van der Waals surface area contributed by atoms with Crippen LogP contribution in [0.1, 0.15) is 26.3 Å². The number of rotatable bonds is 7. The summed E-state index contributed by atoms with van der Waals surface area (Å²) in [4.78, 5) is 20.7. The van der Waals surface area contributed by atoms with Gasteiger partial charge in [-0.05, 0) is 60.5 Å². The van der Waals surface area contributed by atoms with E-state index in [1.54, 1.807) is 25.1 Å². The van der Waals surface area contributed by atoms with Crippen molar-refractivity contribution in [1.29, 1.82) is 0 Å². The zero-order valence-electron chi connectivity index (χ0n) is 18.3. The van der Waals surface area contributed by atoms with E-state index in [1.807, 2.05) is 32.0 Å². The molecule has 1 heterocycles. The second kappa shape index (κ2) is 10.3. The summed E-state index contributed by atoms with van der Waals surface area (Å²) in [6.07, 6.45) is 2.08. The molecule has 170 valence electrons. The highest BCUT2D eigenvalue weighted by atomic mass is 79.9. The van der Waals surface area contributed by atoms with Crippen LogP contribution in [-0.4, -0.2) is 39.2 Å². The van der Waals surface area contributed by atoms with Gasteiger partial charge in [0.25, 0.3) is 0 Å². The van der Waals surface area contributed by atoms with Crippen molar-refractivity contribution >= 4 is 48.5 Å². The van der Waals surface area contributed by atoms with Crippen molar-refractivity contribution in [2.45, 2.75) is 38.3 Å². The summed E-state index contributed by atoms with van der Waals surface area (Å²) in [5.41, 5.74) is 1.54. The van der Waals surface area contributed by atoms with Crippen LogP contribution >= 0.6 is 15.9 Å². The molecule has 0 aliphatic carbocycles. The zero-order valence-corrected chi connectivity index (χ0v) is 20.7. The monoisotopic (exact) mass is 520 g/mol. The summed E-state index contributed by atoms with van der Waals surface area (Å²) in [6.45, 7) is 6.16. The molecule has 1 unspecified atom stereocenters. The summed E-state index contributed by atoms with van der Waals surface area (Å²) in [7, 11) is -2.93. The summed E-state index contributed by atoms with van der Waals surface area (Å²) >= 11 is 3.56. The van der Waals surface area contributed by atoms with Gasteiger partial charge in [0.15, 0.2) is 0 Å². The van der Waals surface area contributed by atoms with E-state index in [2.05, 4.69) is 35.6 Å². The highest BCUT2D eigenvalue weighted by Gasteiger charge is 2.13. The fourth-order valence-electron chi connectivity index (χ4n) is 2.93. The smallest absolute Gasteiger partial charge is 0.442 e. The first-order chi connectivity index (χ1) is 15.2. The number of fused-ring (bicyclic) bond motifs is 1. The van der Waals surface area contributed by atoms with Gasteiger partial charge in [0.05, 0.1) is 26.3 Å². The number of ether oxygens (including phenoxy) is 2. The summed E-state index contributed by atoms with van der Waals surface area (Å²) < 4.78 is 28.1. The molecule has 0 saturated carbocycles. The van der Waals surface area contributed by atoms with Gasteiger partial charge in [-0.25, -0.2) is 19.0 Å². The lowest BCUT2D eigenvalue weighted by atomic mass is 10.2. The van der Waals surface area contributed by atoms with E-state index >= 15 is 0 Å². The van der Waals surface area contributed by atoms with Gasteiger partial charge in [0.2, 0.25) is 0 Å². The van der Waals surface area contributed by atoms with Crippen molar-refractivity contribution in [2.24, 2.45) is 4.36 Å². The molecule has 2 aromatic carbocycles. The summed E-state index contributed by atoms with van der Waals surface area (Å²) in [6, 6.07) is 11.0. The summed E-state index contributed by atoms with van der Waals surface area (Å²) in [5, 5.41) is 4.20. The second-order valence-electron chi connectivity index (χ2n) is 7.35. The van der Waals surface area contributed by atoms with Gasteiger partial charge in [-0.15, -0.1) is 4.36 Å². The first-order valence-electron chi connectivity index (χ1n) is 10.0. The Bertz CT molecular complexity index is 1260. The molecular weight excluding hydrogens is 496 g/mol. The molecule has 1 atom stereocenters. The van der Waals surface area contributed by atoms with Crippen LogP contribution in [0.2, 0.25) is 0 Å². The number of amides is 1. The molecule has 0 saturated heterocycles. The first-order valence-corrected chi connectivity index (χ1v) is 12.7. The van der Waals surface area contributed by atoms with Gasteiger partial charge in [-0.3, -0.25) is 0 Å². The Morgan fingerprint density at radius 2 is 2.03 bits per heavy atom. The second-order valence-corrected chi connectivity index (χ2v) is 10.5. The van der Waals surface area contributed by atoms with Crippen molar-refractivity contribution in [2.75, 3.05) is 18.2 Å². The van der Waals surface area contributed by atoms with E-state index in [-0.39, 0.29) is 19.3 Å². The molecule has 0 spiro atoms. The van der Waals surface area contributed by atoms with Crippen molar-refractivity contribution in [3.63, 3.8) is 0 Å². The molecule has 8 nitrogen and oxygen atoms in total. The topological polar surface area (TPSA) is 103 Å². The van der Waals surface area contributed by atoms with Gasteiger partial charge in [0, 0.05) is 28.6 Å². The van der Waals surface area contributed by atoms with Crippen LogP contribution in [-0.2, 0) is 21.1 Å². The third-order valence-electron chi connectivity index (χ3n) is 4.36. The van der Waals surface area contributed by atoms with Gasteiger partial charge in [0.1, 0.15) is 24.5 Å². The minimum absolute atomic E-state index is 0.173. The number of aromatic nitrogens is 2. The van der Waals surface area contributed by atoms with Gasteiger partial charge < -0.3 is 14.8 Å². The molecule has 1 aromatic heterocycles. The average molecular weight is 521 g/mol. The number of halogens is 1. The molecule has 32 heavy (non-hydrogen) atoms. The SMILES string of the molecule is CCOC(=O)N=S(C)(=O)c1cccc(COc2cc3ncnc(NC(C)C)c3cc2Br)c1. The number of nitrogens with one attached hydrogen (secondary N) is 1. The Labute approximate surface area is 196 Å². The number of carbonyl (C=O) groups excluding carboxylic acids is 1. The number of benzene rings is 2. The molecule has 0 fully saturated rings. The van der Waals surface area contributed by atoms with Crippen LogP contribution in [0.5, 0.6) is 5.75 Å². The third-order valence-corrected chi connectivity index (χ3v) is 6.61. The standard InChI is InChI=1S/C22H25BrN4O4S/c1-5-30-22(28)27-32(4,29)16-8-6-7-15(9-16)12-31-20-11-19-17(10-18(20)23)21(25-13-24-19)26-14(2)3/h6-11,13-14H,5,12H2,1-4H3,(H,24,25,26). The molecule has 1 amide bonds. The molecule has 10 heteroatoms. The number of nitrogens with zero attached hydrogens (tertiary/aromatic N) is 3. The van der Waals surface area contributed by atoms with Crippen LogP contribution in [0.4, 0.5) is 10.6 Å². The Morgan fingerprint density at radius 1 is 1.25 bits per heavy atom. The predicted octanol–water partition coefficient (Wildman–Crippen LogP) is 5.40. The quantitative estimate of drug-likeness (QED) is 0.444. The van der Waals surface area contributed by atoms with Crippen LogP contribution in [0, 0.1) is 0 Å². The minimum atomic E-state index is -2.93. The zero-order chi connectivity index (χ0) is 23.3. The van der Waals surface area contributed by atoms with Crippen LogP contribution in [0.3, 0.4) is 0 Å². The number of hydrogen-bond acceptors (Lipinski definition) is 7. The fraction of sp³-hybridized carbons (Fsp3) is 0.318. The highest BCUT2D eigenvalue weighted by Crippen LogP contribution is 2.33. The van der Waals surface area contributed by atoms with Gasteiger partial charge in [-0.1, -0.05) is 12.1 Å². The van der Waals surface area contributed by atoms with E-state index in [1.165, 1.54) is 12.6 Å². The van der Waals surface area contributed by atoms with Crippen LogP contribution < -0.4 is 10.1 Å². The molecule has 0 aliphatic rings. The van der Waals surface area contributed by atoms with E-state index in [0.717, 1.165) is 26.8 Å². The number of hydrogen-bond donors (Lipinski definition) is 1. The Hall–Kier alpha value is -2.72. The molecule has 0 aliphatic heterocycles. The van der Waals surface area contributed by atoms with E-state index in [9.17, 15) is 9.00 Å². The average Bonchev–Trinajstić information content (AvgIpc) is 2.72. The predicted molar refractivity (Wildman–Crippen MR) is 129 cm³/mol. The van der Waals surface area contributed by atoms with Crippen molar-refractivity contribution in [1.82, 2.24) is 9.97 Å². The van der Waals surface area contributed by atoms with E-state index in [4.69, 9.17) is 9.47 Å². The summed E-state index contributed by atoms with van der Waals surface area (Å²) in [5.74, 6) is 1.37. The first kappa shape index (κ1) is 23.9. The molecule has 3 rings (SSSR count). The maximum atomic E-state index is 12.9. The van der Waals surface area contributed by atoms with E-state index < -0.39 is 15.8 Å². The van der Waals surface area contributed by atoms with Crippen LogP contribution in [0.25, 0.3) is 10.9 Å². The Morgan fingerprint density at radius 3 is 2.75 bits per heavy atom. The maximum absolute atomic E-state index is 12.9. The Balaban J connectivity index is 1.83. The lowest BCUT2D eigenvalue weighted by Gasteiger charge is -2.14. The molecule has 0 bridgehead atoms. The lowest BCUT2D eigenvalue weighted by molar-refractivity contribution is 0.164. The maximum Gasteiger partial charge on any atom is 0.442 e. The van der Waals surface area contributed by atoms with Gasteiger partial charge in [-0.2, -0.15) is 0 Å². The van der Waals surface area contributed by atoms with Crippen molar-refractivity contribution in [3.05, 3.63) is 52.8 Å². The molecule has 3 aromatic rings. The highest BCUT2D eigenvalue weighted by molar-refractivity contribution is 9.10. The Kier molecular flexibility index (Phi) is 7.68. The fourth-order valence-corrected chi connectivity index (χ4v) is 4.53. The molecule has 0 radical (unpaired) electrons. The normalized spacial score (nSPS) is 12.9. The van der Waals surface area contributed by atoms with Crippen molar-refractivity contribution in [3.8, 4) is 5.75 Å². The molecular formula is C22H25BrN4O4S. The van der Waals surface area contributed by atoms with Crippen molar-refractivity contribution < 1.29 is 18.5 Å². The number of carbonyl (C=O) groups is 1. The lowest BCUT2D eigenvalue weighted by Crippen LogP contribution is -2.11. The largest absolute Gasteiger partial charge is 0.488 e. The van der Waals surface area contributed by atoms with Crippen LogP contribution in [0.15, 0.2) is 56.5 Å². The third kappa shape index (κ3) is 5.95.